The van der Waals surface area contributed by atoms with Gasteiger partial charge in [-0.25, -0.2) is 9.78 Å². The lowest BCUT2D eigenvalue weighted by Crippen LogP contribution is -2.00. The van der Waals surface area contributed by atoms with Crippen LogP contribution >= 0.6 is 11.6 Å². The van der Waals surface area contributed by atoms with Crippen molar-refractivity contribution in [3.8, 4) is 23.0 Å². The van der Waals surface area contributed by atoms with Crippen molar-refractivity contribution < 1.29 is 14.6 Å². The second kappa shape index (κ2) is 6.44. The number of hydrogen-bond donors (Lipinski definition) is 2. The van der Waals surface area contributed by atoms with E-state index >= 15 is 0 Å². The molecule has 0 radical (unpaired) electrons. The molecule has 136 valence electrons. The van der Waals surface area contributed by atoms with Crippen LogP contribution in [-0.4, -0.2) is 30.6 Å². The second-order valence-electron chi connectivity index (χ2n) is 6.16. The van der Waals surface area contributed by atoms with Gasteiger partial charge in [-0.2, -0.15) is 4.98 Å². The molecule has 0 saturated carbocycles. The number of carbonyl (C=O) groups is 1. The number of halogens is 1. The van der Waals surface area contributed by atoms with E-state index in [2.05, 4.69) is 15.0 Å². The van der Waals surface area contributed by atoms with Gasteiger partial charge >= 0.3 is 5.97 Å². The largest absolute Gasteiger partial charge is 0.478 e. The van der Waals surface area contributed by atoms with E-state index in [1.54, 1.807) is 37.6 Å². The van der Waals surface area contributed by atoms with Crippen LogP contribution in [0.5, 0.6) is 11.8 Å². The molecular formula is C19H15ClN4O3. The lowest BCUT2D eigenvalue weighted by atomic mass is 10.1. The molecular weight excluding hydrogens is 368 g/mol. The summed E-state index contributed by atoms with van der Waals surface area (Å²) in [5.74, 6) is -0.620. The summed E-state index contributed by atoms with van der Waals surface area (Å²) in [6, 6.07) is 8.75. The van der Waals surface area contributed by atoms with Crippen LogP contribution in [0.2, 0.25) is 5.02 Å². The summed E-state index contributed by atoms with van der Waals surface area (Å²) in [6.07, 6.45) is 3.43. The molecule has 0 aliphatic rings. The number of ether oxygens (including phenoxy) is 1. The highest BCUT2D eigenvalue weighted by atomic mass is 35.5. The van der Waals surface area contributed by atoms with Crippen molar-refractivity contribution >= 4 is 28.6 Å². The molecule has 27 heavy (non-hydrogen) atoms. The third-order valence-electron chi connectivity index (χ3n) is 4.30. The van der Waals surface area contributed by atoms with Gasteiger partial charge in [0.25, 0.3) is 6.01 Å². The fourth-order valence-corrected chi connectivity index (χ4v) is 3.14. The van der Waals surface area contributed by atoms with E-state index in [1.807, 2.05) is 17.7 Å². The second-order valence-corrected chi connectivity index (χ2v) is 6.57. The Kier molecular flexibility index (Phi) is 4.08. The Morgan fingerprint density at radius 2 is 2.11 bits per heavy atom. The summed E-state index contributed by atoms with van der Waals surface area (Å²) in [6.45, 7) is 1.73. The van der Waals surface area contributed by atoms with Crippen LogP contribution in [0.15, 0.2) is 42.9 Å². The molecule has 0 unspecified atom stereocenters. The zero-order valence-corrected chi connectivity index (χ0v) is 15.3. The van der Waals surface area contributed by atoms with E-state index in [0.717, 1.165) is 11.3 Å². The van der Waals surface area contributed by atoms with Gasteiger partial charge in [-0.1, -0.05) is 17.7 Å². The number of aromatic nitrogens is 4. The van der Waals surface area contributed by atoms with Crippen LogP contribution < -0.4 is 4.74 Å². The smallest absolute Gasteiger partial charge is 0.336 e. The van der Waals surface area contributed by atoms with E-state index < -0.39 is 5.97 Å². The molecule has 0 spiro atoms. The Balaban J connectivity index is 1.71. The standard InChI is InChI=1S/C19H15ClN4O3/c1-10-3-4-11(5-12(10)18(25)26)27-19-22-15-6-13(14(20)7-16(15)23-19)17-8-21-9-24(17)2/h3-9H,1-2H3,(H,22,23)(H,25,26). The third kappa shape index (κ3) is 3.13. The molecule has 7 nitrogen and oxygen atoms in total. The zero-order chi connectivity index (χ0) is 19.1. The topological polar surface area (TPSA) is 93.0 Å². The molecule has 0 fully saturated rings. The van der Waals surface area contributed by atoms with Crippen LogP contribution in [0.4, 0.5) is 0 Å². The average Bonchev–Trinajstić information content (AvgIpc) is 3.20. The molecule has 2 aromatic carbocycles. The molecule has 0 aliphatic carbocycles. The van der Waals surface area contributed by atoms with Crippen molar-refractivity contribution in [3.05, 3.63) is 59.0 Å². The number of carboxylic acid groups (broad SMARTS) is 1. The number of benzene rings is 2. The molecule has 0 amide bonds. The first-order valence-electron chi connectivity index (χ1n) is 8.10. The van der Waals surface area contributed by atoms with E-state index in [-0.39, 0.29) is 11.6 Å². The van der Waals surface area contributed by atoms with Gasteiger partial charge in [-0.05, 0) is 36.8 Å². The Bertz CT molecular complexity index is 1180. The summed E-state index contributed by atoms with van der Waals surface area (Å²) < 4.78 is 7.58. The van der Waals surface area contributed by atoms with Crippen LogP contribution in [0.25, 0.3) is 22.3 Å². The fourth-order valence-electron chi connectivity index (χ4n) is 2.88. The van der Waals surface area contributed by atoms with Gasteiger partial charge in [0.05, 0.1) is 39.8 Å². The first kappa shape index (κ1) is 17.1. The van der Waals surface area contributed by atoms with Crippen molar-refractivity contribution in [2.45, 2.75) is 6.92 Å². The number of aromatic carboxylic acids is 1. The van der Waals surface area contributed by atoms with Crippen molar-refractivity contribution in [2.75, 3.05) is 0 Å². The van der Waals surface area contributed by atoms with Gasteiger partial charge in [-0.3, -0.25) is 0 Å². The lowest BCUT2D eigenvalue weighted by Gasteiger charge is -2.05. The summed E-state index contributed by atoms with van der Waals surface area (Å²) in [7, 11) is 1.89. The van der Waals surface area contributed by atoms with Crippen LogP contribution in [0.3, 0.4) is 0 Å². The molecule has 2 N–H and O–H groups in total. The number of carboxylic acids is 1. The van der Waals surface area contributed by atoms with E-state index in [4.69, 9.17) is 16.3 Å². The number of nitrogens with one attached hydrogen (secondary N) is 1. The highest BCUT2D eigenvalue weighted by Gasteiger charge is 2.14. The summed E-state index contributed by atoms with van der Waals surface area (Å²) in [4.78, 5) is 22.9. The van der Waals surface area contributed by atoms with Gasteiger partial charge in [0.2, 0.25) is 0 Å². The molecule has 4 rings (SSSR count). The van der Waals surface area contributed by atoms with Gasteiger partial charge in [0.15, 0.2) is 0 Å². The molecule has 2 aromatic heterocycles. The van der Waals surface area contributed by atoms with Crippen molar-refractivity contribution in [3.63, 3.8) is 0 Å². The maximum Gasteiger partial charge on any atom is 0.336 e. The molecule has 2 heterocycles. The highest BCUT2D eigenvalue weighted by Crippen LogP contribution is 2.32. The SMILES string of the molecule is Cc1ccc(Oc2nc3cc(-c4cncn4C)c(Cl)cc3[nH]2)cc1C(=O)O. The zero-order valence-electron chi connectivity index (χ0n) is 14.5. The highest BCUT2D eigenvalue weighted by molar-refractivity contribution is 6.34. The van der Waals surface area contributed by atoms with Crippen molar-refractivity contribution in [2.24, 2.45) is 7.05 Å². The van der Waals surface area contributed by atoms with Crippen LogP contribution in [0.1, 0.15) is 15.9 Å². The maximum atomic E-state index is 11.3. The molecule has 0 atom stereocenters. The summed E-state index contributed by atoms with van der Waals surface area (Å²) in [5, 5.41) is 9.80. The van der Waals surface area contributed by atoms with Gasteiger partial charge < -0.3 is 19.4 Å². The molecule has 0 saturated heterocycles. The minimum absolute atomic E-state index is 0.185. The van der Waals surface area contributed by atoms with E-state index in [9.17, 15) is 9.90 Å². The number of fused-ring (bicyclic) bond motifs is 1. The number of H-pyrrole nitrogens is 1. The van der Waals surface area contributed by atoms with Gasteiger partial charge in [0.1, 0.15) is 5.75 Å². The predicted octanol–water partition coefficient (Wildman–Crippen LogP) is 4.42. The molecule has 4 aromatic rings. The molecule has 8 heteroatoms. The minimum atomic E-state index is -1.00. The Morgan fingerprint density at radius 3 is 2.81 bits per heavy atom. The lowest BCUT2D eigenvalue weighted by molar-refractivity contribution is 0.0695. The maximum absolute atomic E-state index is 11.3. The van der Waals surface area contributed by atoms with Gasteiger partial charge in [-0.15, -0.1) is 0 Å². The van der Waals surface area contributed by atoms with Crippen molar-refractivity contribution in [1.29, 1.82) is 0 Å². The molecule has 0 bridgehead atoms. The number of imidazole rings is 2. The minimum Gasteiger partial charge on any atom is -0.478 e. The number of aromatic amines is 1. The number of rotatable bonds is 4. The summed E-state index contributed by atoms with van der Waals surface area (Å²) >= 11 is 6.41. The van der Waals surface area contributed by atoms with Crippen LogP contribution in [0, 0.1) is 6.92 Å². The monoisotopic (exact) mass is 382 g/mol. The predicted molar refractivity (Wildman–Crippen MR) is 102 cm³/mol. The molecule has 0 aliphatic heterocycles. The number of hydrogen-bond acceptors (Lipinski definition) is 4. The Morgan fingerprint density at radius 1 is 1.30 bits per heavy atom. The summed E-state index contributed by atoms with van der Waals surface area (Å²) in [5.41, 5.74) is 3.92. The van der Waals surface area contributed by atoms with E-state index in [0.29, 0.717) is 27.4 Å². The van der Waals surface area contributed by atoms with Crippen molar-refractivity contribution in [1.82, 2.24) is 19.5 Å². The Hall–Kier alpha value is -3.32. The number of aryl methyl sites for hydroxylation is 2. The first-order chi connectivity index (χ1) is 12.9. The fraction of sp³-hybridized carbons (Fsp3) is 0.105. The van der Waals surface area contributed by atoms with Crippen LogP contribution in [-0.2, 0) is 7.05 Å². The van der Waals surface area contributed by atoms with Gasteiger partial charge in [0, 0.05) is 12.6 Å². The number of nitrogens with zero attached hydrogens (tertiary/aromatic N) is 3. The van der Waals surface area contributed by atoms with E-state index in [1.165, 1.54) is 6.07 Å². The normalized spacial score (nSPS) is 11.1. The third-order valence-corrected chi connectivity index (χ3v) is 4.61. The average molecular weight is 383 g/mol. The quantitative estimate of drug-likeness (QED) is 0.545. The first-order valence-corrected chi connectivity index (χ1v) is 8.48. The Labute approximate surface area is 159 Å².